The Morgan fingerprint density at radius 1 is 1.50 bits per heavy atom. The van der Waals surface area contributed by atoms with Crippen LogP contribution in [-0.4, -0.2) is 30.8 Å². The third-order valence-corrected chi connectivity index (χ3v) is 1.10. The number of hydrogen-bond acceptors (Lipinski definition) is 2. The van der Waals surface area contributed by atoms with Crippen molar-refractivity contribution < 1.29 is 0 Å². The molecule has 0 nitrogen and oxygen atoms in total. The predicted molar refractivity (Wildman–Crippen MR) is 42.0 cm³/mol. The molecule has 0 heterocycles. The Balaban J connectivity index is 0. The third-order valence-electron chi connectivity index (χ3n) is 0.365. The van der Waals surface area contributed by atoms with Crippen molar-refractivity contribution in [3.63, 3.8) is 0 Å². The van der Waals surface area contributed by atoms with Gasteiger partial charge < -0.3 is 0 Å². The summed E-state index contributed by atoms with van der Waals surface area (Å²) in [5.74, 6) is 0. The predicted octanol–water partition coefficient (Wildman–Crippen LogP) is 0.398. The van der Waals surface area contributed by atoms with E-state index in [2.05, 4.69) is 25.3 Å². The molecule has 0 radical (unpaired) electrons. The van der Waals surface area contributed by atoms with Crippen LogP contribution in [0, 0.1) is 0 Å². The van der Waals surface area contributed by atoms with Gasteiger partial charge in [0.05, 0.1) is 0 Å². The summed E-state index contributed by atoms with van der Waals surface area (Å²) in [4.78, 5) is 0. The zero-order valence-corrected chi connectivity index (χ0v) is 11.2. The van der Waals surface area contributed by atoms with Crippen LogP contribution >= 0.6 is 25.3 Å². The minimum absolute atomic E-state index is 0. The van der Waals surface area contributed by atoms with E-state index >= 15 is 0 Å². The van der Waals surface area contributed by atoms with Crippen molar-refractivity contribution in [2.45, 2.75) is 17.9 Å². The first-order chi connectivity index (χ1) is 2.27. The average Bonchev–Trinajstić information content (AvgIpc) is 1.38. The summed E-state index contributed by atoms with van der Waals surface area (Å²) in [6, 6.07) is 0. The standard InChI is InChI=1S/C3H8S2.Bi.3H/c1-2-3(4)5;;;;/h3-5H,2H2,1H3;;;;. The fourth-order valence-corrected chi connectivity index (χ4v) is 0. The molecule has 0 aliphatic heterocycles. The Hall–Kier alpha value is 1.58. The molecule has 0 atom stereocenters. The zero-order valence-electron chi connectivity index (χ0n) is 3.89. The van der Waals surface area contributed by atoms with Gasteiger partial charge in [-0.1, -0.05) is 6.92 Å². The van der Waals surface area contributed by atoms with E-state index in [1.165, 1.54) is 0 Å². The number of thiol groups is 2. The van der Waals surface area contributed by atoms with E-state index in [1.54, 1.807) is 0 Å². The van der Waals surface area contributed by atoms with Gasteiger partial charge in [0.2, 0.25) is 0 Å². The van der Waals surface area contributed by atoms with E-state index in [0.29, 0.717) is 0 Å². The molecule has 0 saturated heterocycles. The monoisotopic (exact) mass is 320 g/mol. The molecule has 0 aromatic heterocycles. The molecule has 0 fully saturated rings. The molecule has 0 aromatic carbocycles. The summed E-state index contributed by atoms with van der Waals surface area (Å²) in [5.41, 5.74) is 0. The SMILES string of the molecule is CCC(S)S.[BiH3]. The second kappa shape index (κ2) is 6.58. The molecular formula is C3H11BiS2. The Labute approximate surface area is 69.0 Å². The normalized spacial score (nSPS) is 8.00. The van der Waals surface area contributed by atoms with Crippen LogP contribution in [0.25, 0.3) is 0 Å². The molecule has 0 aromatic rings. The number of rotatable bonds is 1. The first-order valence-corrected chi connectivity index (χ1v) is 2.66. The fourth-order valence-electron chi connectivity index (χ4n) is 0. The van der Waals surface area contributed by atoms with Gasteiger partial charge in [-0.05, 0) is 6.42 Å². The molecule has 0 spiro atoms. The van der Waals surface area contributed by atoms with E-state index in [1.807, 2.05) is 6.92 Å². The van der Waals surface area contributed by atoms with Crippen LogP contribution in [0.1, 0.15) is 13.3 Å². The second-order valence-corrected chi connectivity index (χ2v) is 2.54. The van der Waals surface area contributed by atoms with Crippen LogP contribution < -0.4 is 0 Å². The van der Waals surface area contributed by atoms with E-state index in [-0.39, 0.29) is 30.8 Å². The van der Waals surface area contributed by atoms with Crippen LogP contribution in [0.2, 0.25) is 0 Å². The summed E-state index contributed by atoms with van der Waals surface area (Å²) in [6.07, 6.45) is 1.03. The Morgan fingerprint density at radius 3 is 1.67 bits per heavy atom. The Bertz CT molecular complexity index is 22.8. The molecule has 6 heavy (non-hydrogen) atoms. The molecule has 0 rings (SSSR count). The van der Waals surface area contributed by atoms with Crippen molar-refractivity contribution in [2.24, 2.45) is 0 Å². The van der Waals surface area contributed by atoms with Gasteiger partial charge in [-0.2, -0.15) is 25.3 Å². The molecule has 0 amide bonds. The van der Waals surface area contributed by atoms with Gasteiger partial charge in [-0.3, -0.25) is 0 Å². The molecule has 0 unspecified atom stereocenters. The van der Waals surface area contributed by atoms with Gasteiger partial charge in [0.25, 0.3) is 0 Å². The van der Waals surface area contributed by atoms with E-state index < -0.39 is 0 Å². The van der Waals surface area contributed by atoms with Gasteiger partial charge in [0, 0.05) is 4.58 Å². The van der Waals surface area contributed by atoms with Crippen LogP contribution in [-0.2, 0) is 0 Å². The van der Waals surface area contributed by atoms with E-state index in [4.69, 9.17) is 0 Å². The van der Waals surface area contributed by atoms with Crippen LogP contribution in [0.15, 0.2) is 0 Å². The Kier molecular flexibility index (Phi) is 11.6. The van der Waals surface area contributed by atoms with Crippen molar-refractivity contribution in [2.75, 3.05) is 0 Å². The average molecular weight is 320 g/mol. The quantitative estimate of drug-likeness (QED) is 0.390. The van der Waals surface area contributed by atoms with Gasteiger partial charge in [-0.25, -0.2) is 0 Å². The van der Waals surface area contributed by atoms with Crippen molar-refractivity contribution in [1.82, 2.24) is 0 Å². The first-order valence-electron chi connectivity index (χ1n) is 1.63. The molecule has 0 N–H and O–H groups in total. The zero-order chi connectivity index (χ0) is 4.28. The van der Waals surface area contributed by atoms with Crippen molar-refractivity contribution >= 4 is 51.5 Å². The van der Waals surface area contributed by atoms with Crippen molar-refractivity contribution in [3.05, 3.63) is 0 Å². The van der Waals surface area contributed by atoms with E-state index in [9.17, 15) is 0 Å². The number of hydrogen-bond donors (Lipinski definition) is 2. The molecule has 0 aliphatic carbocycles. The third kappa shape index (κ3) is 9.13. The summed E-state index contributed by atoms with van der Waals surface area (Å²) in [5, 5.41) is 0. The van der Waals surface area contributed by atoms with Gasteiger partial charge in [-0.15, -0.1) is 0 Å². The van der Waals surface area contributed by atoms with Gasteiger partial charge in [0.15, 0.2) is 0 Å². The van der Waals surface area contributed by atoms with Crippen LogP contribution in [0.5, 0.6) is 0 Å². The van der Waals surface area contributed by atoms with Gasteiger partial charge in [0.1, 0.15) is 0 Å². The van der Waals surface area contributed by atoms with Crippen molar-refractivity contribution in [1.29, 1.82) is 0 Å². The molecule has 0 aliphatic rings. The molecule has 0 saturated carbocycles. The summed E-state index contributed by atoms with van der Waals surface area (Å²) < 4.78 is 0.273. The topological polar surface area (TPSA) is 0 Å². The molecule has 3 heteroatoms. The molecule has 40 valence electrons. The minimum atomic E-state index is 0. The summed E-state index contributed by atoms with van der Waals surface area (Å²) in [6.45, 7) is 2.05. The molecular weight excluding hydrogens is 309 g/mol. The summed E-state index contributed by atoms with van der Waals surface area (Å²) in [7, 11) is 0. The maximum atomic E-state index is 3.96. The van der Waals surface area contributed by atoms with Crippen LogP contribution in [0.3, 0.4) is 0 Å². The molecule has 0 bridgehead atoms. The maximum absolute atomic E-state index is 3.96. The first kappa shape index (κ1) is 10.5. The van der Waals surface area contributed by atoms with Crippen LogP contribution in [0.4, 0.5) is 0 Å². The Morgan fingerprint density at radius 2 is 1.67 bits per heavy atom. The summed E-state index contributed by atoms with van der Waals surface area (Å²) >= 11 is 7.92. The fraction of sp³-hybridized carbons (Fsp3) is 1.00. The van der Waals surface area contributed by atoms with E-state index in [0.717, 1.165) is 6.42 Å². The van der Waals surface area contributed by atoms with Gasteiger partial charge >= 0.3 is 26.2 Å². The second-order valence-electron chi connectivity index (χ2n) is 0.889. The van der Waals surface area contributed by atoms with Crippen molar-refractivity contribution in [3.8, 4) is 0 Å².